The molecular weight excluding hydrogens is 408 g/mol. The lowest BCUT2D eigenvalue weighted by Gasteiger charge is -2.02. The summed E-state index contributed by atoms with van der Waals surface area (Å²) in [6.45, 7) is 6.06. The van der Waals surface area contributed by atoms with Crippen LogP contribution in [0, 0.1) is 20.8 Å². The van der Waals surface area contributed by atoms with E-state index in [9.17, 15) is 4.79 Å². The molecule has 28 heavy (non-hydrogen) atoms. The van der Waals surface area contributed by atoms with E-state index in [4.69, 9.17) is 4.98 Å². The molecule has 1 aliphatic rings. The second kappa shape index (κ2) is 6.72. The van der Waals surface area contributed by atoms with Crippen molar-refractivity contribution in [3.05, 3.63) is 44.3 Å². The minimum Gasteiger partial charge on any atom is -0.297 e. The molecule has 4 heterocycles. The molecular formula is C20H18N4OS3. The number of thiazole rings is 1. The highest BCUT2D eigenvalue weighted by atomic mass is 32.1. The van der Waals surface area contributed by atoms with Crippen molar-refractivity contribution >= 4 is 55.3 Å². The first-order chi connectivity index (χ1) is 13.5. The molecule has 142 valence electrons. The van der Waals surface area contributed by atoms with Crippen molar-refractivity contribution in [3.63, 3.8) is 0 Å². The van der Waals surface area contributed by atoms with Gasteiger partial charge in [0, 0.05) is 21.6 Å². The molecule has 8 heteroatoms. The Bertz CT molecular complexity index is 1220. The summed E-state index contributed by atoms with van der Waals surface area (Å²) < 4.78 is 0. The first-order valence-corrected chi connectivity index (χ1v) is 11.6. The molecule has 0 aliphatic heterocycles. The monoisotopic (exact) mass is 426 g/mol. The van der Waals surface area contributed by atoms with Gasteiger partial charge in [-0.3, -0.25) is 10.1 Å². The number of aryl methyl sites for hydroxylation is 3. The third-order valence-electron chi connectivity index (χ3n) is 4.85. The predicted molar refractivity (Wildman–Crippen MR) is 117 cm³/mol. The molecule has 5 nitrogen and oxygen atoms in total. The van der Waals surface area contributed by atoms with Crippen LogP contribution in [0.15, 0.2) is 17.5 Å². The minimum absolute atomic E-state index is 0.129. The van der Waals surface area contributed by atoms with Gasteiger partial charge in [-0.2, -0.15) is 0 Å². The van der Waals surface area contributed by atoms with Crippen LogP contribution in [0.25, 0.3) is 20.8 Å². The zero-order valence-electron chi connectivity index (χ0n) is 15.7. The SMILES string of the molecule is Cc1ccc(-c2csc(NC(=O)c3sc4nc(C5CC5)nc(C)c4c3C)n2)s1. The summed E-state index contributed by atoms with van der Waals surface area (Å²) in [6, 6.07) is 4.15. The van der Waals surface area contributed by atoms with Crippen LogP contribution in [0.1, 0.15) is 50.4 Å². The zero-order valence-corrected chi connectivity index (χ0v) is 18.1. The Morgan fingerprint density at radius 3 is 2.64 bits per heavy atom. The van der Waals surface area contributed by atoms with Crippen LogP contribution in [0.5, 0.6) is 0 Å². The number of anilines is 1. The van der Waals surface area contributed by atoms with Gasteiger partial charge in [0.2, 0.25) is 0 Å². The fraction of sp³-hybridized carbons (Fsp3) is 0.300. The van der Waals surface area contributed by atoms with E-state index in [2.05, 4.69) is 34.3 Å². The standard InChI is InChI=1S/C20H18N4OS3/c1-9-4-7-14(27-9)13-8-26-20(22-13)24-18(25)16-10(2)15-11(3)21-17(12-5-6-12)23-19(15)28-16/h4,7-8,12H,5-6H2,1-3H3,(H,22,24,25). The third-order valence-corrected chi connectivity index (χ3v) is 7.82. The van der Waals surface area contributed by atoms with Gasteiger partial charge in [0.25, 0.3) is 5.91 Å². The van der Waals surface area contributed by atoms with E-state index in [0.717, 1.165) is 37.9 Å². The van der Waals surface area contributed by atoms with E-state index in [1.54, 1.807) is 11.3 Å². The van der Waals surface area contributed by atoms with Crippen LogP contribution in [0.3, 0.4) is 0 Å². The second-order valence-electron chi connectivity index (χ2n) is 7.08. The van der Waals surface area contributed by atoms with Gasteiger partial charge in [0.05, 0.1) is 21.1 Å². The smallest absolute Gasteiger partial charge is 0.267 e. The van der Waals surface area contributed by atoms with Gasteiger partial charge in [-0.15, -0.1) is 34.0 Å². The number of nitrogens with one attached hydrogen (secondary N) is 1. The van der Waals surface area contributed by atoms with Gasteiger partial charge in [0.1, 0.15) is 10.7 Å². The van der Waals surface area contributed by atoms with Crippen LogP contribution >= 0.6 is 34.0 Å². The molecule has 1 aliphatic carbocycles. The van der Waals surface area contributed by atoms with Crippen molar-refractivity contribution in [1.29, 1.82) is 0 Å². The number of carbonyl (C=O) groups excluding carboxylic acids is 1. The summed E-state index contributed by atoms with van der Waals surface area (Å²) in [4.78, 5) is 30.9. The number of hydrogen-bond donors (Lipinski definition) is 1. The number of rotatable bonds is 4. The fourth-order valence-corrected chi connectivity index (χ4v) is 6.01. The maximum atomic E-state index is 12.9. The number of fused-ring (bicyclic) bond motifs is 1. The Labute approximate surface area is 174 Å². The molecule has 0 spiro atoms. The number of nitrogens with zero attached hydrogens (tertiary/aromatic N) is 3. The molecule has 0 unspecified atom stereocenters. The molecule has 1 amide bonds. The summed E-state index contributed by atoms with van der Waals surface area (Å²) in [6.07, 6.45) is 2.33. The Hall–Kier alpha value is -2.16. The summed E-state index contributed by atoms with van der Waals surface area (Å²) in [7, 11) is 0. The normalized spacial score (nSPS) is 14.0. The van der Waals surface area contributed by atoms with Gasteiger partial charge >= 0.3 is 0 Å². The summed E-state index contributed by atoms with van der Waals surface area (Å²) in [5.41, 5.74) is 2.81. The van der Waals surface area contributed by atoms with E-state index < -0.39 is 0 Å². The number of aromatic nitrogens is 3. The van der Waals surface area contributed by atoms with Crippen molar-refractivity contribution in [3.8, 4) is 10.6 Å². The first kappa shape index (κ1) is 17.9. The average molecular weight is 427 g/mol. The molecule has 5 rings (SSSR count). The number of thiophene rings is 2. The Morgan fingerprint density at radius 2 is 1.93 bits per heavy atom. The lowest BCUT2D eigenvalue weighted by atomic mass is 10.1. The van der Waals surface area contributed by atoms with Crippen LogP contribution < -0.4 is 5.32 Å². The van der Waals surface area contributed by atoms with Crippen LogP contribution in [0.2, 0.25) is 0 Å². The molecule has 0 saturated heterocycles. The maximum absolute atomic E-state index is 12.9. The number of amides is 1. The van der Waals surface area contributed by atoms with Gasteiger partial charge in [0.15, 0.2) is 5.13 Å². The fourth-order valence-electron chi connectivity index (χ4n) is 3.27. The minimum atomic E-state index is -0.129. The van der Waals surface area contributed by atoms with Crippen LogP contribution in [-0.4, -0.2) is 20.9 Å². The van der Waals surface area contributed by atoms with Crippen molar-refractivity contribution in [2.24, 2.45) is 0 Å². The van der Waals surface area contributed by atoms with Crippen molar-refractivity contribution in [2.75, 3.05) is 5.32 Å². The van der Waals surface area contributed by atoms with Gasteiger partial charge in [-0.1, -0.05) is 0 Å². The van der Waals surface area contributed by atoms with Crippen LogP contribution in [-0.2, 0) is 0 Å². The Kier molecular flexibility index (Phi) is 4.30. The van der Waals surface area contributed by atoms with Crippen LogP contribution in [0.4, 0.5) is 5.13 Å². The largest absolute Gasteiger partial charge is 0.297 e. The molecule has 4 aromatic heterocycles. The summed E-state index contributed by atoms with van der Waals surface area (Å²) >= 11 is 4.60. The molecule has 0 radical (unpaired) electrons. The van der Waals surface area contributed by atoms with E-state index in [1.807, 2.05) is 19.2 Å². The quantitative estimate of drug-likeness (QED) is 0.439. The topological polar surface area (TPSA) is 67.8 Å². The summed E-state index contributed by atoms with van der Waals surface area (Å²) in [5, 5.41) is 6.57. The van der Waals surface area contributed by atoms with Gasteiger partial charge < -0.3 is 0 Å². The molecule has 1 fully saturated rings. The average Bonchev–Trinajstić information content (AvgIpc) is 3.10. The predicted octanol–water partition coefficient (Wildman–Crippen LogP) is 5.93. The highest BCUT2D eigenvalue weighted by Crippen LogP contribution is 2.40. The number of carbonyl (C=O) groups is 1. The Balaban J connectivity index is 1.44. The molecule has 1 N–H and O–H groups in total. The zero-order chi connectivity index (χ0) is 19.4. The van der Waals surface area contributed by atoms with E-state index in [0.29, 0.717) is 15.9 Å². The van der Waals surface area contributed by atoms with Crippen molar-refractivity contribution in [2.45, 2.75) is 39.5 Å². The van der Waals surface area contributed by atoms with Gasteiger partial charge in [-0.25, -0.2) is 15.0 Å². The molecule has 0 atom stereocenters. The highest BCUT2D eigenvalue weighted by molar-refractivity contribution is 7.21. The third kappa shape index (κ3) is 3.15. The van der Waals surface area contributed by atoms with E-state index in [1.165, 1.54) is 40.4 Å². The number of hydrogen-bond acceptors (Lipinski definition) is 7. The molecule has 0 bridgehead atoms. The molecule has 4 aromatic rings. The van der Waals surface area contributed by atoms with Crippen molar-refractivity contribution in [1.82, 2.24) is 15.0 Å². The first-order valence-electron chi connectivity index (χ1n) is 9.11. The van der Waals surface area contributed by atoms with Gasteiger partial charge in [-0.05, 0) is 51.3 Å². The summed E-state index contributed by atoms with van der Waals surface area (Å²) in [5.74, 6) is 1.29. The second-order valence-corrected chi connectivity index (χ2v) is 10.2. The highest BCUT2D eigenvalue weighted by Gasteiger charge is 2.28. The lowest BCUT2D eigenvalue weighted by Crippen LogP contribution is -2.11. The lowest BCUT2D eigenvalue weighted by molar-refractivity contribution is 0.103. The Morgan fingerprint density at radius 1 is 1.11 bits per heavy atom. The molecule has 0 aromatic carbocycles. The van der Waals surface area contributed by atoms with Crippen molar-refractivity contribution < 1.29 is 4.79 Å². The molecule has 1 saturated carbocycles. The van der Waals surface area contributed by atoms with E-state index >= 15 is 0 Å². The maximum Gasteiger partial charge on any atom is 0.267 e. The van der Waals surface area contributed by atoms with E-state index in [-0.39, 0.29) is 5.91 Å².